The van der Waals surface area contributed by atoms with Crippen LogP contribution in [0.1, 0.15) is 11.3 Å². The summed E-state index contributed by atoms with van der Waals surface area (Å²) in [6.07, 6.45) is 0.951. The highest BCUT2D eigenvalue weighted by Gasteiger charge is 2.03. The van der Waals surface area contributed by atoms with Crippen molar-refractivity contribution >= 4 is 0 Å². The zero-order valence-corrected chi connectivity index (χ0v) is 11.9. The highest BCUT2D eigenvalue weighted by Crippen LogP contribution is 2.16. The summed E-state index contributed by atoms with van der Waals surface area (Å²) in [5, 5.41) is 10.9. The quantitative estimate of drug-likeness (QED) is 0.678. The lowest BCUT2D eigenvalue weighted by Gasteiger charge is -2.03. The van der Waals surface area contributed by atoms with Gasteiger partial charge in [-0.15, -0.1) is 0 Å². The first-order valence-electron chi connectivity index (χ1n) is 7.26. The van der Waals surface area contributed by atoms with Crippen molar-refractivity contribution in [3.8, 4) is 11.3 Å². The van der Waals surface area contributed by atoms with Crippen molar-refractivity contribution in [3.05, 3.63) is 78.0 Å². The standard InChI is InChI=1S/C18H19N3/c1-3-7-15(8-4-1)14-19-12-11-17-13-18(21-20-17)16-9-5-2-6-10-16/h1-10,13,19H,11-12,14H2,(H,20,21). The molecule has 3 rings (SSSR count). The maximum atomic E-state index is 4.37. The van der Waals surface area contributed by atoms with Crippen LogP contribution >= 0.6 is 0 Å². The van der Waals surface area contributed by atoms with E-state index in [1.165, 1.54) is 5.56 Å². The summed E-state index contributed by atoms with van der Waals surface area (Å²) in [7, 11) is 0. The molecular weight excluding hydrogens is 258 g/mol. The third kappa shape index (κ3) is 3.80. The molecule has 2 N–H and O–H groups in total. The van der Waals surface area contributed by atoms with Gasteiger partial charge in [0.1, 0.15) is 0 Å². The van der Waals surface area contributed by atoms with Crippen molar-refractivity contribution in [1.29, 1.82) is 0 Å². The van der Waals surface area contributed by atoms with Gasteiger partial charge in [0.15, 0.2) is 0 Å². The Bertz CT molecular complexity index is 659. The molecule has 3 heteroatoms. The van der Waals surface area contributed by atoms with Gasteiger partial charge in [-0.3, -0.25) is 5.10 Å². The molecule has 0 saturated heterocycles. The van der Waals surface area contributed by atoms with E-state index in [2.05, 4.69) is 58.0 Å². The molecule has 0 atom stereocenters. The van der Waals surface area contributed by atoms with Crippen molar-refractivity contribution in [2.24, 2.45) is 0 Å². The third-order valence-electron chi connectivity index (χ3n) is 3.44. The molecule has 0 spiro atoms. The first-order chi connectivity index (χ1) is 10.4. The topological polar surface area (TPSA) is 40.7 Å². The van der Waals surface area contributed by atoms with Crippen molar-refractivity contribution in [2.45, 2.75) is 13.0 Å². The third-order valence-corrected chi connectivity index (χ3v) is 3.44. The van der Waals surface area contributed by atoms with Crippen molar-refractivity contribution in [1.82, 2.24) is 15.5 Å². The Kier molecular flexibility index (Phi) is 4.44. The molecule has 0 fully saturated rings. The predicted octanol–water partition coefficient (Wildman–Crippen LogP) is 3.41. The zero-order valence-electron chi connectivity index (χ0n) is 11.9. The van der Waals surface area contributed by atoms with Crippen molar-refractivity contribution in [2.75, 3.05) is 6.54 Å². The number of hydrogen-bond acceptors (Lipinski definition) is 2. The molecule has 106 valence electrons. The Morgan fingerprint density at radius 2 is 1.62 bits per heavy atom. The van der Waals surface area contributed by atoms with Gasteiger partial charge in [-0.05, 0) is 11.6 Å². The molecule has 0 bridgehead atoms. The van der Waals surface area contributed by atoms with Crippen LogP contribution in [0.15, 0.2) is 66.7 Å². The van der Waals surface area contributed by atoms with E-state index in [1.807, 2.05) is 24.3 Å². The highest BCUT2D eigenvalue weighted by molar-refractivity contribution is 5.58. The van der Waals surface area contributed by atoms with Crippen LogP contribution in [0.3, 0.4) is 0 Å². The average Bonchev–Trinajstić information content (AvgIpc) is 3.02. The molecule has 2 aromatic carbocycles. The van der Waals surface area contributed by atoms with Crippen LogP contribution < -0.4 is 5.32 Å². The largest absolute Gasteiger partial charge is 0.312 e. The van der Waals surface area contributed by atoms with E-state index in [0.29, 0.717) is 0 Å². The van der Waals surface area contributed by atoms with Crippen molar-refractivity contribution < 1.29 is 0 Å². The molecule has 3 aromatic rings. The van der Waals surface area contributed by atoms with Gasteiger partial charge >= 0.3 is 0 Å². The van der Waals surface area contributed by atoms with Gasteiger partial charge in [-0.25, -0.2) is 0 Å². The van der Waals surface area contributed by atoms with Crippen LogP contribution in [-0.4, -0.2) is 16.7 Å². The highest BCUT2D eigenvalue weighted by atomic mass is 15.1. The summed E-state index contributed by atoms with van der Waals surface area (Å²) in [6, 6.07) is 22.8. The van der Waals surface area contributed by atoms with Crippen LogP contribution in [0.25, 0.3) is 11.3 Å². The molecule has 0 aliphatic carbocycles. The number of benzene rings is 2. The molecular formula is C18H19N3. The maximum Gasteiger partial charge on any atom is 0.0923 e. The molecule has 0 aliphatic heterocycles. The number of aromatic amines is 1. The summed E-state index contributed by atoms with van der Waals surface area (Å²) < 4.78 is 0. The smallest absolute Gasteiger partial charge is 0.0923 e. The van der Waals surface area contributed by atoms with Gasteiger partial charge < -0.3 is 5.32 Å². The second-order valence-corrected chi connectivity index (χ2v) is 5.06. The first kappa shape index (κ1) is 13.6. The van der Waals surface area contributed by atoms with E-state index in [4.69, 9.17) is 0 Å². The number of rotatable bonds is 6. The molecule has 0 saturated carbocycles. The van der Waals surface area contributed by atoms with Crippen LogP contribution in [0.4, 0.5) is 0 Å². The summed E-state index contributed by atoms with van der Waals surface area (Å²) in [5.41, 5.74) is 4.63. The minimum absolute atomic E-state index is 0.903. The van der Waals surface area contributed by atoms with E-state index >= 15 is 0 Å². The fraction of sp³-hybridized carbons (Fsp3) is 0.167. The maximum absolute atomic E-state index is 4.37. The van der Waals surface area contributed by atoms with E-state index in [9.17, 15) is 0 Å². The van der Waals surface area contributed by atoms with E-state index in [1.54, 1.807) is 0 Å². The molecule has 1 aromatic heterocycles. The Morgan fingerprint density at radius 1 is 0.905 bits per heavy atom. The lowest BCUT2D eigenvalue weighted by molar-refractivity contribution is 0.679. The summed E-state index contributed by atoms with van der Waals surface area (Å²) in [5.74, 6) is 0. The number of nitrogens with zero attached hydrogens (tertiary/aromatic N) is 1. The zero-order chi connectivity index (χ0) is 14.3. The van der Waals surface area contributed by atoms with Gasteiger partial charge in [-0.2, -0.15) is 5.10 Å². The van der Waals surface area contributed by atoms with E-state index in [0.717, 1.165) is 36.5 Å². The summed E-state index contributed by atoms with van der Waals surface area (Å²) in [6.45, 7) is 1.84. The number of H-pyrrole nitrogens is 1. The Morgan fingerprint density at radius 3 is 2.38 bits per heavy atom. The minimum atomic E-state index is 0.903. The van der Waals surface area contributed by atoms with Gasteiger partial charge in [0, 0.05) is 30.8 Å². The first-order valence-corrected chi connectivity index (χ1v) is 7.26. The lowest BCUT2D eigenvalue weighted by Crippen LogP contribution is -2.16. The fourth-order valence-electron chi connectivity index (χ4n) is 2.30. The molecule has 21 heavy (non-hydrogen) atoms. The van der Waals surface area contributed by atoms with Crippen LogP contribution in [0.2, 0.25) is 0 Å². The Hall–Kier alpha value is -2.39. The average molecular weight is 277 g/mol. The van der Waals surface area contributed by atoms with Gasteiger partial charge in [0.2, 0.25) is 0 Å². The minimum Gasteiger partial charge on any atom is -0.312 e. The molecule has 0 amide bonds. The second-order valence-electron chi connectivity index (χ2n) is 5.06. The van der Waals surface area contributed by atoms with Gasteiger partial charge in [-0.1, -0.05) is 60.7 Å². The van der Waals surface area contributed by atoms with Crippen LogP contribution in [-0.2, 0) is 13.0 Å². The number of hydrogen-bond donors (Lipinski definition) is 2. The van der Waals surface area contributed by atoms with Gasteiger partial charge in [0.05, 0.1) is 5.69 Å². The second kappa shape index (κ2) is 6.86. The van der Waals surface area contributed by atoms with E-state index < -0.39 is 0 Å². The normalized spacial score (nSPS) is 10.7. The van der Waals surface area contributed by atoms with Crippen molar-refractivity contribution in [3.63, 3.8) is 0 Å². The Labute approximate surface area is 125 Å². The predicted molar refractivity (Wildman–Crippen MR) is 85.9 cm³/mol. The van der Waals surface area contributed by atoms with Gasteiger partial charge in [0.25, 0.3) is 0 Å². The summed E-state index contributed by atoms with van der Waals surface area (Å²) >= 11 is 0. The Balaban J connectivity index is 1.49. The molecule has 3 nitrogen and oxygen atoms in total. The summed E-state index contributed by atoms with van der Waals surface area (Å²) in [4.78, 5) is 0. The molecule has 0 aliphatic rings. The lowest BCUT2D eigenvalue weighted by atomic mass is 10.1. The fourth-order valence-corrected chi connectivity index (χ4v) is 2.30. The number of nitrogens with one attached hydrogen (secondary N) is 2. The number of aromatic nitrogens is 2. The van der Waals surface area contributed by atoms with Crippen LogP contribution in [0.5, 0.6) is 0 Å². The molecule has 0 radical (unpaired) electrons. The molecule has 1 heterocycles. The molecule has 0 unspecified atom stereocenters. The van der Waals surface area contributed by atoms with E-state index in [-0.39, 0.29) is 0 Å². The SMILES string of the molecule is c1ccc(CNCCc2cc(-c3ccccc3)n[nH]2)cc1. The van der Waals surface area contributed by atoms with Crippen LogP contribution in [0, 0.1) is 0 Å². The monoisotopic (exact) mass is 277 g/mol.